The molecule has 0 saturated heterocycles. The van der Waals surface area contributed by atoms with Crippen LogP contribution in [0.5, 0.6) is 5.88 Å². The maximum Gasteiger partial charge on any atom is 0.241 e. The number of aromatic nitrogens is 1. The van der Waals surface area contributed by atoms with Gasteiger partial charge in [-0.3, -0.25) is 4.79 Å². The van der Waals surface area contributed by atoms with Gasteiger partial charge in [-0.05, 0) is 67.9 Å². The highest BCUT2D eigenvalue weighted by Gasteiger charge is 2.25. The third-order valence-electron chi connectivity index (χ3n) is 5.13. The summed E-state index contributed by atoms with van der Waals surface area (Å²) in [5.41, 5.74) is 0.853. The number of benzene rings is 1. The van der Waals surface area contributed by atoms with Crippen LogP contribution in [0.25, 0.3) is 0 Å². The normalized spacial score (nSPS) is 15.5. The van der Waals surface area contributed by atoms with Gasteiger partial charge in [0.05, 0.1) is 4.90 Å². The first-order valence-corrected chi connectivity index (χ1v) is 13.3. The molecule has 1 atom stereocenters. The van der Waals surface area contributed by atoms with Crippen molar-refractivity contribution in [1.29, 1.82) is 0 Å². The number of ether oxygens (including phenoxy) is 1. The van der Waals surface area contributed by atoms with E-state index in [1.165, 1.54) is 25.0 Å². The van der Waals surface area contributed by atoms with E-state index in [1.54, 1.807) is 36.2 Å². The van der Waals surface area contributed by atoms with Gasteiger partial charge in [-0.25, -0.2) is 13.4 Å². The van der Waals surface area contributed by atoms with Gasteiger partial charge >= 0.3 is 0 Å². The highest BCUT2D eigenvalue weighted by molar-refractivity contribution is 7.98. The van der Waals surface area contributed by atoms with Crippen LogP contribution in [0.1, 0.15) is 37.7 Å². The zero-order chi connectivity index (χ0) is 22.1. The molecule has 0 aliphatic heterocycles. The van der Waals surface area contributed by atoms with Crippen LogP contribution in [-0.2, 0) is 21.4 Å². The fraction of sp³-hybridized carbons (Fsp3) is 0.455. The van der Waals surface area contributed by atoms with Crippen molar-refractivity contribution in [1.82, 2.24) is 15.0 Å². The predicted octanol–water partition coefficient (Wildman–Crippen LogP) is 3.12. The maximum absolute atomic E-state index is 12.8. The van der Waals surface area contributed by atoms with Gasteiger partial charge in [-0.2, -0.15) is 16.5 Å². The molecule has 1 amide bonds. The molecule has 1 fully saturated rings. The summed E-state index contributed by atoms with van der Waals surface area (Å²) < 4.78 is 33.8. The standard InChI is InChI=1S/C22H29N3O4S2/c1-30-14-12-20(25-31(27,28)19-9-3-2-4-10-19)22(26)24-16-17-11-13-23-21(15-17)29-18-7-5-6-8-18/h2-4,9-11,13,15,18,20,25H,5-8,12,14,16H2,1H3,(H,24,26). The molecule has 0 radical (unpaired) electrons. The Morgan fingerprint density at radius 2 is 1.97 bits per heavy atom. The second-order valence-electron chi connectivity index (χ2n) is 7.51. The molecule has 1 unspecified atom stereocenters. The number of hydrogen-bond acceptors (Lipinski definition) is 6. The monoisotopic (exact) mass is 463 g/mol. The topological polar surface area (TPSA) is 97.4 Å². The molecule has 31 heavy (non-hydrogen) atoms. The molecule has 1 heterocycles. The molecule has 3 rings (SSSR count). The van der Waals surface area contributed by atoms with Crippen molar-refractivity contribution >= 4 is 27.7 Å². The minimum absolute atomic E-state index is 0.139. The molecule has 2 aromatic rings. The Kier molecular flexibility index (Phi) is 8.74. The highest BCUT2D eigenvalue weighted by atomic mass is 32.2. The summed E-state index contributed by atoms with van der Waals surface area (Å²) in [5.74, 6) is 0.857. The van der Waals surface area contributed by atoms with E-state index >= 15 is 0 Å². The lowest BCUT2D eigenvalue weighted by atomic mass is 10.2. The first kappa shape index (κ1) is 23.6. The Morgan fingerprint density at radius 1 is 1.23 bits per heavy atom. The molecule has 1 aliphatic carbocycles. The molecule has 1 aliphatic rings. The van der Waals surface area contributed by atoms with Crippen LogP contribution in [0, 0.1) is 0 Å². The van der Waals surface area contributed by atoms with Crippen molar-refractivity contribution in [3.8, 4) is 5.88 Å². The fourth-order valence-corrected chi connectivity index (χ4v) is 5.17. The number of thioether (sulfide) groups is 1. The number of rotatable bonds is 11. The lowest BCUT2D eigenvalue weighted by Gasteiger charge is -2.18. The number of nitrogens with zero attached hydrogens (tertiary/aromatic N) is 1. The Morgan fingerprint density at radius 3 is 2.68 bits per heavy atom. The lowest BCUT2D eigenvalue weighted by molar-refractivity contribution is -0.122. The minimum Gasteiger partial charge on any atom is -0.474 e. The van der Waals surface area contributed by atoms with Gasteiger partial charge in [-0.1, -0.05) is 18.2 Å². The largest absolute Gasteiger partial charge is 0.474 e. The van der Waals surface area contributed by atoms with E-state index in [2.05, 4.69) is 15.0 Å². The first-order valence-electron chi connectivity index (χ1n) is 10.4. The molecule has 1 aromatic heterocycles. The summed E-state index contributed by atoms with van der Waals surface area (Å²) in [7, 11) is -3.79. The number of carbonyl (C=O) groups is 1. The van der Waals surface area contributed by atoms with Gasteiger partial charge in [-0.15, -0.1) is 0 Å². The molecule has 9 heteroatoms. The molecule has 0 bridgehead atoms. The third kappa shape index (κ3) is 7.22. The van der Waals surface area contributed by atoms with E-state index in [9.17, 15) is 13.2 Å². The van der Waals surface area contributed by atoms with Crippen LogP contribution in [0.15, 0.2) is 53.6 Å². The number of pyridine rings is 1. The van der Waals surface area contributed by atoms with E-state index < -0.39 is 16.1 Å². The van der Waals surface area contributed by atoms with Crippen molar-refractivity contribution in [2.75, 3.05) is 12.0 Å². The van der Waals surface area contributed by atoms with Crippen LogP contribution in [-0.4, -0.2) is 43.5 Å². The maximum atomic E-state index is 12.8. The van der Waals surface area contributed by atoms with Crippen LogP contribution in [0.4, 0.5) is 0 Å². The van der Waals surface area contributed by atoms with Crippen LogP contribution >= 0.6 is 11.8 Å². The second-order valence-corrected chi connectivity index (χ2v) is 10.2. The average Bonchev–Trinajstić information content (AvgIpc) is 3.29. The van der Waals surface area contributed by atoms with Gasteiger partial charge < -0.3 is 10.1 Å². The Hall–Kier alpha value is -2.10. The van der Waals surface area contributed by atoms with E-state index in [0.717, 1.165) is 18.4 Å². The summed E-state index contributed by atoms with van der Waals surface area (Å²) in [6.07, 6.45) is 8.63. The van der Waals surface area contributed by atoms with Crippen molar-refractivity contribution < 1.29 is 17.9 Å². The zero-order valence-electron chi connectivity index (χ0n) is 17.6. The summed E-state index contributed by atoms with van der Waals surface area (Å²) in [5, 5.41) is 2.84. The van der Waals surface area contributed by atoms with Crippen molar-refractivity contribution in [2.24, 2.45) is 0 Å². The second kappa shape index (κ2) is 11.5. The molecule has 1 aromatic carbocycles. The Balaban J connectivity index is 1.61. The quantitative estimate of drug-likeness (QED) is 0.531. The lowest BCUT2D eigenvalue weighted by Crippen LogP contribution is -2.46. The number of hydrogen-bond donors (Lipinski definition) is 2. The highest BCUT2D eigenvalue weighted by Crippen LogP contribution is 2.23. The minimum atomic E-state index is -3.79. The molecule has 168 valence electrons. The zero-order valence-corrected chi connectivity index (χ0v) is 19.3. The molecule has 2 N–H and O–H groups in total. The smallest absolute Gasteiger partial charge is 0.241 e. The van der Waals surface area contributed by atoms with E-state index in [-0.39, 0.29) is 23.5 Å². The summed E-state index contributed by atoms with van der Waals surface area (Å²) in [6, 6.07) is 10.9. The third-order valence-corrected chi connectivity index (χ3v) is 7.27. The molecule has 7 nitrogen and oxygen atoms in total. The van der Waals surface area contributed by atoms with Gasteiger partial charge in [0.1, 0.15) is 12.1 Å². The van der Waals surface area contributed by atoms with E-state index in [0.29, 0.717) is 18.1 Å². The van der Waals surface area contributed by atoms with Gasteiger partial charge in [0.2, 0.25) is 21.8 Å². The predicted molar refractivity (Wildman–Crippen MR) is 123 cm³/mol. The molecular formula is C22H29N3O4S2. The Labute approximate surface area is 188 Å². The first-order chi connectivity index (χ1) is 15.0. The summed E-state index contributed by atoms with van der Waals surface area (Å²) in [6.45, 7) is 0.269. The summed E-state index contributed by atoms with van der Waals surface area (Å²) >= 11 is 1.56. The van der Waals surface area contributed by atoms with Crippen LogP contribution in [0.2, 0.25) is 0 Å². The number of amides is 1. The van der Waals surface area contributed by atoms with E-state index in [1.807, 2.05) is 18.4 Å². The number of carbonyl (C=O) groups excluding carboxylic acids is 1. The van der Waals surface area contributed by atoms with Gasteiger partial charge in [0, 0.05) is 18.8 Å². The van der Waals surface area contributed by atoms with Crippen LogP contribution < -0.4 is 14.8 Å². The van der Waals surface area contributed by atoms with Crippen LogP contribution in [0.3, 0.4) is 0 Å². The van der Waals surface area contributed by atoms with Crippen molar-refractivity contribution in [2.45, 2.75) is 55.7 Å². The Bertz CT molecular complexity index is 948. The summed E-state index contributed by atoms with van der Waals surface area (Å²) in [4.78, 5) is 17.2. The molecular weight excluding hydrogens is 434 g/mol. The van der Waals surface area contributed by atoms with Crippen molar-refractivity contribution in [3.05, 3.63) is 54.2 Å². The fourth-order valence-electron chi connectivity index (χ4n) is 3.45. The van der Waals surface area contributed by atoms with Gasteiger partial charge in [0.25, 0.3) is 0 Å². The average molecular weight is 464 g/mol. The van der Waals surface area contributed by atoms with Gasteiger partial charge in [0.15, 0.2) is 0 Å². The van der Waals surface area contributed by atoms with E-state index in [4.69, 9.17) is 4.74 Å². The number of sulfonamides is 1. The number of nitrogens with one attached hydrogen (secondary N) is 2. The molecule has 1 saturated carbocycles. The molecule has 0 spiro atoms. The SMILES string of the molecule is CSCCC(NS(=O)(=O)c1ccccc1)C(=O)NCc1ccnc(OC2CCCC2)c1. The van der Waals surface area contributed by atoms with Crippen molar-refractivity contribution in [3.63, 3.8) is 0 Å².